The Morgan fingerprint density at radius 3 is 2.67 bits per heavy atom. The van der Waals surface area contributed by atoms with Crippen molar-refractivity contribution in [2.24, 2.45) is 0 Å². The molecule has 0 N–H and O–H groups in total. The lowest BCUT2D eigenvalue weighted by Gasteiger charge is -2.13. The van der Waals surface area contributed by atoms with E-state index < -0.39 is 10.8 Å². The normalized spacial score (nSPS) is 15.1. The molecule has 0 unspecified atom stereocenters. The highest BCUT2D eigenvalue weighted by Crippen LogP contribution is 2.30. The SMILES string of the molecule is COc1ccc([N+](=O)[O-])c(N2CC(=O)CC2=O)n1. The van der Waals surface area contributed by atoms with Gasteiger partial charge in [-0.1, -0.05) is 0 Å². The zero-order chi connectivity index (χ0) is 13.3. The fourth-order valence-corrected chi connectivity index (χ4v) is 1.66. The molecule has 0 aromatic carbocycles. The van der Waals surface area contributed by atoms with E-state index in [-0.39, 0.29) is 36.1 Å². The number of amides is 1. The molecule has 8 nitrogen and oxygen atoms in total. The second kappa shape index (κ2) is 4.40. The summed E-state index contributed by atoms with van der Waals surface area (Å²) in [6, 6.07) is 2.52. The minimum atomic E-state index is -0.655. The third-order valence-electron chi connectivity index (χ3n) is 2.47. The standard InChI is InChI=1S/C10H9N3O5/c1-18-8-3-2-7(13(16)17)10(11-8)12-5-6(14)4-9(12)15/h2-3H,4-5H2,1H3. The highest BCUT2D eigenvalue weighted by atomic mass is 16.6. The predicted octanol–water partition coefficient (Wildman–Crippen LogP) is 0.304. The van der Waals surface area contributed by atoms with Gasteiger partial charge >= 0.3 is 5.69 Å². The van der Waals surface area contributed by atoms with E-state index >= 15 is 0 Å². The smallest absolute Gasteiger partial charge is 0.312 e. The molecule has 0 aliphatic carbocycles. The van der Waals surface area contributed by atoms with Gasteiger partial charge in [-0.2, -0.15) is 4.98 Å². The molecular formula is C10H9N3O5. The summed E-state index contributed by atoms with van der Waals surface area (Å²) in [6.45, 7) is -0.195. The maximum atomic E-state index is 11.6. The lowest BCUT2D eigenvalue weighted by Crippen LogP contribution is -2.26. The third kappa shape index (κ3) is 1.99. The Kier molecular flexibility index (Phi) is 2.92. The van der Waals surface area contributed by atoms with Gasteiger partial charge in [0.1, 0.15) is 0 Å². The van der Waals surface area contributed by atoms with Crippen molar-refractivity contribution in [2.75, 3.05) is 18.6 Å². The maximum Gasteiger partial charge on any atom is 0.312 e. The van der Waals surface area contributed by atoms with Gasteiger partial charge in [0.25, 0.3) is 0 Å². The number of pyridine rings is 1. The van der Waals surface area contributed by atoms with Crippen LogP contribution in [0.5, 0.6) is 5.88 Å². The lowest BCUT2D eigenvalue weighted by molar-refractivity contribution is -0.384. The summed E-state index contributed by atoms with van der Waals surface area (Å²) >= 11 is 0. The van der Waals surface area contributed by atoms with Crippen molar-refractivity contribution in [3.8, 4) is 5.88 Å². The Bertz CT molecular complexity index is 542. The molecule has 1 saturated heterocycles. The van der Waals surface area contributed by atoms with Gasteiger partial charge in [-0.15, -0.1) is 0 Å². The van der Waals surface area contributed by atoms with Gasteiger partial charge in [0, 0.05) is 12.1 Å². The van der Waals surface area contributed by atoms with Crippen molar-refractivity contribution in [2.45, 2.75) is 6.42 Å². The van der Waals surface area contributed by atoms with Crippen LogP contribution in [0.3, 0.4) is 0 Å². The second-order valence-corrected chi connectivity index (χ2v) is 3.65. The Balaban J connectivity index is 2.50. The number of aromatic nitrogens is 1. The number of rotatable bonds is 3. The van der Waals surface area contributed by atoms with Crippen molar-refractivity contribution in [1.29, 1.82) is 0 Å². The Morgan fingerprint density at radius 1 is 1.44 bits per heavy atom. The zero-order valence-corrected chi connectivity index (χ0v) is 9.45. The Hall–Kier alpha value is -2.51. The molecule has 1 aliphatic rings. The van der Waals surface area contributed by atoms with Gasteiger partial charge in [0.2, 0.25) is 17.6 Å². The molecule has 1 aromatic rings. The molecule has 94 valence electrons. The molecule has 0 atom stereocenters. The molecule has 1 aliphatic heterocycles. The summed E-state index contributed by atoms with van der Waals surface area (Å²) in [6.07, 6.45) is -0.254. The van der Waals surface area contributed by atoms with E-state index in [1.54, 1.807) is 0 Å². The molecule has 2 rings (SSSR count). The van der Waals surface area contributed by atoms with Crippen LogP contribution in [0, 0.1) is 10.1 Å². The topological polar surface area (TPSA) is 103 Å². The molecule has 1 aromatic heterocycles. The largest absolute Gasteiger partial charge is 0.481 e. The van der Waals surface area contributed by atoms with Crippen LogP contribution in [0.25, 0.3) is 0 Å². The fourth-order valence-electron chi connectivity index (χ4n) is 1.66. The highest BCUT2D eigenvalue weighted by Gasteiger charge is 2.34. The Labute approximate surface area is 101 Å². The fraction of sp³-hybridized carbons (Fsp3) is 0.300. The van der Waals surface area contributed by atoms with Gasteiger partial charge in [-0.3, -0.25) is 24.6 Å². The Morgan fingerprint density at radius 2 is 2.17 bits per heavy atom. The van der Waals surface area contributed by atoms with E-state index in [0.717, 1.165) is 4.90 Å². The van der Waals surface area contributed by atoms with Crippen LogP contribution in [0.2, 0.25) is 0 Å². The van der Waals surface area contributed by atoms with E-state index in [4.69, 9.17) is 4.74 Å². The number of carbonyl (C=O) groups is 2. The molecule has 2 heterocycles. The van der Waals surface area contributed by atoms with E-state index in [0.29, 0.717) is 0 Å². The van der Waals surface area contributed by atoms with Gasteiger partial charge in [0.15, 0.2) is 5.78 Å². The molecule has 0 bridgehead atoms. The first-order valence-corrected chi connectivity index (χ1v) is 5.04. The molecule has 0 radical (unpaired) electrons. The van der Waals surface area contributed by atoms with Crippen LogP contribution < -0.4 is 9.64 Å². The molecule has 0 saturated carbocycles. The average Bonchev–Trinajstić information content (AvgIpc) is 2.67. The number of Topliss-reactive ketones (excluding diaryl/α,β-unsaturated/α-hetero) is 1. The van der Waals surface area contributed by atoms with Crippen molar-refractivity contribution in [3.63, 3.8) is 0 Å². The third-order valence-corrected chi connectivity index (χ3v) is 2.47. The second-order valence-electron chi connectivity index (χ2n) is 3.65. The molecule has 1 amide bonds. The quantitative estimate of drug-likeness (QED) is 0.435. The number of hydrogen-bond acceptors (Lipinski definition) is 6. The van der Waals surface area contributed by atoms with Crippen molar-refractivity contribution in [3.05, 3.63) is 22.2 Å². The van der Waals surface area contributed by atoms with Gasteiger partial charge in [0.05, 0.1) is 25.0 Å². The monoisotopic (exact) mass is 251 g/mol. The number of hydrogen-bond donors (Lipinski definition) is 0. The first-order chi connectivity index (χ1) is 8.52. The molecule has 8 heteroatoms. The maximum absolute atomic E-state index is 11.6. The molecule has 18 heavy (non-hydrogen) atoms. The summed E-state index contributed by atoms with van der Waals surface area (Å²) in [7, 11) is 1.36. The number of methoxy groups -OCH3 is 1. The molecule has 1 fully saturated rings. The summed E-state index contributed by atoms with van der Waals surface area (Å²) in [5.74, 6) is -0.805. The minimum absolute atomic E-state index is 0.141. The van der Waals surface area contributed by atoms with E-state index in [9.17, 15) is 19.7 Å². The van der Waals surface area contributed by atoms with Crippen LogP contribution in [0.15, 0.2) is 12.1 Å². The van der Waals surface area contributed by atoms with E-state index in [1.807, 2.05) is 0 Å². The van der Waals surface area contributed by atoms with Gasteiger partial charge in [-0.05, 0) is 0 Å². The average molecular weight is 251 g/mol. The number of ether oxygens (including phenoxy) is 1. The van der Waals surface area contributed by atoms with Crippen LogP contribution in [-0.4, -0.2) is 35.3 Å². The summed E-state index contributed by atoms with van der Waals surface area (Å²) in [5.41, 5.74) is -0.334. The number of nitrogens with zero attached hydrogens (tertiary/aromatic N) is 3. The van der Waals surface area contributed by atoms with Crippen LogP contribution >= 0.6 is 0 Å². The van der Waals surface area contributed by atoms with Crippen molar-refractivity contribution < 1.29 is 19.2 Å². The summed E-state index contributed by atoms with van der Waals surface area (Å²) in [4.78, 5) is 37.8. The van der Waals surface area contributed by atoms with Gasteiger partial charge < -0.3 is 4.74 Å². The summed E-state index contributed by atoms with van der Waals surface area (Å²) < 4.78 is 4.85. The lowest BCUT2D eigenvalue weighted by atomic mass is 10.3. The van der Waals surface area contributed by atoms with Crippen LogP contribution in [0.1, 0.15) is 6.42 Å². The predicted molar refractivity (Wildman–Crippen MR) is 59.4 cm³/mol. The summed E-state index contributed by atoms with van der Waals surface area (Å²) in [5, 5.41) is 10.9. The first-order valence-electron chi connectivity index (χ1n) is 5.04. The first kappa shape index (κ1) is 12.0. The molecule has 0 spiro atoms. The highest BCUT2D eigenvalue weighted by molar-refractivity contribution is 6.15. The van der Waals surface area contributed by atoms with Crippen molar-refractivity contribution in [1.82, 2.24) is 4.98 Å². The minimum Gasteiger partial charge on any atom is -0.481 e. The number of nitro groups is 1. The van der Waals surface area contributed by atoms with Crippen LogP contribution in [0.4, 0.5) is 11.5 Å². The van der Waals surface area contributed by atoms with Gasteiger partial charge in [-0.25, -0.2) is 0 Å². The number of ketones is 1. The van der Waals surface area contributed by atoms with Crippen LogP contribution in [-0.2, 0) is 9.59 Å². The van der Waals surface area contributed by atoms with E-state index in [1.165, 1.54) is 19.2 Å². The number of anilines is 1. The number of carbonyl (C=O) groups excluding carboxylic acids is 2. The zero-order valence-electron chi connectivity index (χ0n) is 9.45. The van der Waals surface area contributed by atoms with E-state index in [2.05, 4.69) is 4.98 Å². The molecular weight excluding hydrogens is 242 g/mol. The van der Waals surface area contributed by atoms with Crippen molar-refractivity contribution >= 4 is 23.2 Å².